The van der Waals surface area contributed by atoms with E-state index in [2.05, 4.69) is 0 Å². The van der Waals surface area contributed by atoms with Gasteiger partial charge in [0.1, 0.15) is 0 Å². The van der Waals surface area contributed by atoms with Crippen LogP contribution < -0.4 is 0 Å². The van der Waals surface area contributed by atoms with Crippen molar-refractivity contribution in [3.8, 4) is 0 Å². The maximum Gasteiger partial charge on any atom is 0.341 e. The average Bonchev–Trinajstić information content (AvgIpc) is 2.02. The van der Waals surface area contributed by atoms with Gasteiger partial charge in [-0.15, -0.1) is 0 Å². The normalized spacial score (nSPS) is 15.5. The second kappa shape index (κ2) is 4.56. The Bertz CT molecular complexity index is 330. The smallest absolute Gasteiger partial charge is 0.341 e. The maximum absolute atomic E-state index is 10.6. The summed E-state index contributed by atoms with van der Waals surface area (Å²) >= 11 is 0. The first kappa shape index (κ1) is 13.1. The molecule has 0 radical (unpaired) electrons. The van der Waals surface area contributed by atoms with Crippen molar-refractivity contribution in [3.63, 3.8) is 0 Å². The summed E-state index contributed by atoms with van der Waals surface area (Å²) in [5, 5.41) is 35.0. The van der Waals surface area contributed by atoms with E-state index in [-0.39, 0.29) is 0 Å². The molecule has 0 fully saturated rings. The minimum atomic E-state index is -2.91. The molecule has 0 aliphatic rings. The van der Waals surface area contributed by atoms with Gasteiger partial charge in [-0.25, -0.2) is 9.59 Å². The van der Waals surface area contributed by atoms with Gasteiger partial charge in [-0.3, -0.25) is 4.79 Å². The van der Waals surface area contributed by atoms with Gasteiger partial charge in [0.15, 0.2) is 0 Å². The molecule has 84 valence electrons. The van der Waals surface area contributed by atoms with E-state index in [1.807, 2.05) is 0 Å². The highest BCUT2D eigenvalue weighted by Gasteiger charge is 2.45. The lowest BCUT2D eigenvalue weighted by Gasteiger charge is -2.21. The van der Waals surface area contributed by atoms with E-state index in [1.54, 1.807) is 0 Å². The van der Waals surface area contributed by atoms with Crippen LogP contribution in [-0.2, 0) is 14.4 Å². The number of hydrogen-bond donors (Lipinski definition) is 4. The van der Waals surface area contributed by atoms with Gasteiger partial charge in [0.25, 0.3) is 0 Å². The quantitative estimate of drug-likeness (QED) is 0.449. The lowest BCUT2D eigenvalue weighted by atomic mass is 9.90. The molecule has 4 N–H and O–H groups in total. The summed E-state index contributed by atoms with van der Waals surface area (Å²) in [6, 6.07) is 0. The van der Waals surface area contributed by atoms with Gasteiger partial charge in [0.2, 0.25) is 5.60 Å². The van der Waals surface area contributed by atoms with E-state index < -0.39 is 35.5 Å². The standard InChI is InChI=1S/C8H10O7/c1-2-4(6(11)12)8(15,7(13)14)3-5(9)10/h2,15H,3H2,1H3,(H,9,10)(H,11,12)(H,13,14). The third-order valence-electron chi connectivity index (χ3n) is 1.73. The van der Waals surface area contributed by atoms with Crippen LogP contribution >= 0.6 is 0 Å². The molecule has 0 aromatic carbocycles. The van der Waals surface area contributed by atoms with E-state index in [0.29, 0.717) is 0 Å². The second-order valence-corrected chi connectivity index (χ2v) is 2.74. The van der Waals surface area contributed by atoms with Crippen molar-refractivity contribution in [3.05, 3.63) is 11.6 Å². The van der Waals surface area contributed by atoms with E-state index in [1.165, 1.54) is 6.92 Å². The Morgan fingerprint density at radius 2 is 1.67 bits per heavy atom. The number of hydrogen-bond acceptors (Lipinski definition) is 4. The highest BCUT2D eigenvalue weighted by atomic mass is 16.4. The number of carboxylic acids is 3. The van der Waals surface area contributed by atoms with Gasteiger partial charge in [0, 0.05) is 0 Å². The molecule has 1 unspecified atom stereocenters. The van der Waals surface area contributed by atoms with Crippen LogP contribution in [0.4, 0.5) is 0 Å². The predicted octanol–water partition coefficient (Wildman–Crippen LogP) is -0.692. The van der Waals surface area contributed by atoms with Crippen LogP contribution in [0.15, 0.2) is 11.6 Å². The molecule has 0 saturated carbocycles. The van der Waals surface area contributed by atoms with E-state index in [9.17, 15) is 19.5 Å². The summed E-state index contributed by atoms with van der Waals surface area (Å²) in [5.41, 5.74) is -3.79. The monoisotopic (exact) mass is 218 g/mol. The van der Waals surface area contributed by atoms with Gasteiger partial charge in [-0.2, -0.15) is 0 Å². The Morgan fingerprint density at radius 3 is 1.87 bits per heavy atom. The van der Waals surface area contributed by atoms with Crippen molar-refractivity contribution in [2.24, 2.45) is 0 Å². The molecular formula is C8H10O7. The Morgan fingerprint density at radius 1 is 1.20 bits per heavy atom. The molecule has 0 aromatic heterocycles. The number of aliphatic carboxylic acids is 3. The first-order valence-corrected chi connectivity index (χ1v) is 3.83. The lowest BCUT2D eigenvalue weighted by Crippen LogP contribution is -2.45. The average molecular weight is 218 g/mol. The molecule has 0 spiro atoms. The Labute approximate surface area is 84.3 Å². The van der Waals surface area contributed by atoms with Crippen LogP contribution in [-0.4, -0.2) is 43.9 Å². The van der Waals surface area contributed by atoms with Crippen LogP contribution in [0.3, 0.4) is 0 Å². The molecule has 0 heterocycles. The molecule has 1 atom stereocenters. The summed E-state index contributed by atoms with van der Waals surface area (Å²) in [7, 11) is 0. The molecule has 7 nitrogen and oxygen atoms in total. The van der Waals surface area contributed by atoms with E-state index in [0.717, 1.165) is 6.08 Å². The largest absolute Gasteiger partial charge is 0.481 e. The maximum atomic E-state index is 10.6. The summed E-state index contributed by atoms with van der Waals surface area (Å²) in [5.74, 6) is -5.20. The number of carboxylic acid groups (broad SMARTS) is 3. The first-order chi connectivity index (χ1) is 6.75. The molecule has 7 heteroatoms. The number of allylic oxidation sites excluding steroid dienone is 1. The van der Waals surface area contributed by atoms with Crippen LogP contribution in [0.25, 0.3) is 0 Å². The Hall–Kier alpha value is -1.89. The van der Waals surface area contributed by atoms with Crippen molar-refractivity contribution in [1.29, 1.82) is 0 Å². The molecule has 15 heavy (non-hydrogen) atoms. The third-order valence-corrected chi connectivity index (χ3v) is 1.73. The van der Waals surface area contributed by atoms with Crippen molar-refractivity contribution < 1.29 is 34.8 Å². The fourth-order valence-electron chi connectivity index (χ4n) is 1.04. The molecule has 0 aliphatic heterocycles. The summed E-state index contributed by atoms with van der Waals surface area (Å²) in [6.07, 6.45) is -0.367. The molecule has 0 amide bonds. The SMILES string of the molecule is CC=C(C(=O)O)C(O)(CC(=O)O)C(=O)O. The minimum absolute atomic E-state index is 0.847. The molecule has 0 bridgehead atoms. The van der Waals surface area contributed by atoms with Gasteiger partial charge < -0.3 is 20.4 Å². The summed E-state index contributed by atoms with van der Waals surface area (Å²) in [4.78, 5) is 31.5. The molecule has 0 saturated heterocycles. The Balaban J connectivity index is 5.37. The van der Waals surface area contributed by atoms with Gasteiger partial charge in [-0.1, -0.05) is 6.08 Å². The Kier molecular flexibility index (Phi) is 3.98. The number of carbonyl (C=O) groups is 3. The van der Waals surface area contributed by atoms with Crippen LogP contribution in [0.2, 0.25) is 0 Å². The minimum Gasteiger partial charge on any atom is -0.481 e. The van der Waals surface area contributed by atoms with Crippen molar-refractivity contribution in [2.75, 3.05) is 0 Å². The molecule has 0 aliphatic carbocycles. The highest BCUT2D eigenvalue weighted by Crippen LogP contribution is 2.22. The molecule has 0 aromatic rings. The second-order valence-electron chi connectivity index (χ2n) is 2.74. The van der Waals surface area contributed by atoms with Crippen LogP contribution in [0.5, 0.6) is 0 Å². The zero-order valence-corrected chi connectivity index (χ0v) is 7.80. The first-order valence-electron chi connectivity index (χ1n) is 3.83. The summed E-state index contributed by atoms with van der Waals surface area (Å²) < 4.78 is 0. The zero-order chi connectivity index (χ0) is 12.2. The topological polar surface area (TPSA) is 132 Å². The van der Waals surface area contributed by atoms with E-state index >= 15 is 0 Å². The van der Waals surface area contributed by atoms with Crippen molar-refractivity contribution in [2.45, 2.75) is 18.9 Å². The van der Waals surface area contributed by atoms with Gasteiger partial charge in [0.05, 0.1) is 12.0 Å². The molecular weight excluding hydrogens is 208 g/mol. The van der Waals surface area contributed by atoms with Crippen LogP contribution in [0.1, 0.15) is 13.3 Å². The number of rotatable bonds is 5. The van der Waals surface area contributed by atoms with Crippen LogP contribution in [0, 0.1) is 0 Å². The van der Waals surface area contributed by atoms with Crippen molar-refractivity contribution >= 4 is 17.9 Å². The third kappa shape index (κ3) is 2.78. The number of aliphatic hydroxyl groups is 1. The fraction of sp³-hybridized carbons (Fsp3) is 0.375. The van der Waals surface area contributed by atoms with Crippen molar-refractivity contribution in [1.82, 2.24) is 0 Å². The predicted molar refractivity (Wildman–Crippen MR) is 46.2 cm³/mol. The summed E-state index contributed by atoms with van der Waals surface area (Å²) in [6.45, 7) is 1.19. The zero-order valence-electron chi connectivity index (χ0n) is 7.80. The molecule has 0 rings (SSSR count). The van der Waals surface area contributed by atoms with Gasteiger partial charge >= 0.3 is 17.9 Å². The fourth-order valence-corrected chi connectivity index (χ4v) is 1.04. The van der Waals surface area contributed by atoms with Gasteiger partial charge in [-0.05, 0) is 6.92 Å². The van der Waals surface area contributed by atoms with E-state index in [4.69, 9.17) is 15.3 Å². The lowest BCUT2D eigenvalue weighted by molar-refractivity contribution is -0.163. The highest BCUT2D eigenvalue weighted by molar-refractivity contribution is 6.00.